The van der Waals surface area contributed by atoms with E-state index in [4.69, 9.17) is 33.3 Å². The molecule has 0 amide bonds. The lowest BCUT2D eigenvalue weighted by molar-refractivity contribution is 0.340. The average molecular weight is 509 g/mol. The second-order valence-corrected chi connectivity index (χ2v) is 8.01. The number of nitrogens with zero attached hydrogens (tertiary/aromatic N) is 4. The molecule has 0 atom stereocenters. The fourth-order valence-electron chi connectivity index (χ4n) is 3.41. The quantitative estimate of drug-likeness (QED) is 0.226. The molecule has 10 heteroatoms. The average Bonchev–Trinajstić information content (AvgIpc) is 2.86. The molecule has 1 N–H and O–H groups in total. The Morgan fingerprint density at radius 3 is 2.31 bits per heavy atom. The summed E-state index contributed by atoms with van der Waals surface area (Å²) in [7, 11) is 1.50. The highest BCUT2D eigenvalue weighted by atomic mass is 35.5. The molecule has 0 radical (unpaired) electrons. The highest BCUT2D eigenvalue weighted by molar-refractivity contribution is 7.71. The highest BCUT2D eigenvalue weighted by Crippen LogP contribution is 2.33. The molecular formula is C25H21ClN4O4S. The van der Waals surface area contributed by atoms with Gasteiger partial charge in [0.2, 0.25) is 11.6 Å². The minimum atomic E-state index is -0.643. The Labute approximate surface area is 211 Å². The first-order valence-electron chi connectivity index (χ1n) is 10.6. The van der Waals surface area contributed by atoms with Gasteiger partial charge in [-0.15, -0.1) is 5.11 Å². The molecule has 178 valence electrons. The van der Waals surface area contributed by atoms with E-state index in [1.807, 2.05) is 6.92 Å². The fourth-order valence-corrected chi connectivity index (χ4v) is 3.90. The van der Waals surface area contributed by atoms with Crippen molar-refractivity contribution < 1.29 is 14.6 Å². The molecule has 0 spiro atoms. The van der Waals surface area contributed by atoms with Gasteiger partial charge in [0, 0.05) is 5.02 Å². The molecule has 8 nitrogen and oxygen atoms in total. The van der Waals surface area contributed by atoms with Gasteiger partial charge in [-0.3, -0.25) is 13.9 Å². The van der Waals surface area contributed by atoms with E-state index in [0.29, 0.717) is 40.2 Å². The standard InChI is InChI=1S/C25H21ClN4O4S/c1-3-34-19-14-10-17(11-15-19)27-28-22-23(31)29(18-12-8-16(26)9-13-18)25(35)30(24(22)32)20-6-4-5-7-21(20)33-2/h4-15,32H,3H2,1-2H3. The molecule has 4 rings (SSSR count). The fraction of sp³-hybridized carbons (Fsp3) is 0.120. The number of rotatable bonds is 7. The van der Waals surface area contributed by atoms with Crippen LogP contribution < -0.4 is 15.0 Å². The molecule has 4 aromatic rings. The number of azo groups is 1. The van der Waals surface area contributed by atoms with E-state index in [1.165, 1.54) is 16.2 Å². The molecule has 35 heavy (non-hydrogen) atoms. The molecule has 0 fully saturated rings. The van der Waals surface area contributed by atoms with E-state index >= 15 is 0 Å². The first-order valence-corrected chi connectivity index (χ1v) is 11.4. The predicted octanol–water partition coefficient (Wildman–Crippen LogP) is 6.54. The van der Waals surface area contributed by atoms with Crippen molar-refractivity contribution in [1.29, 1.82) is 0 Å². The van der Waals surface area contributed by atoms with E-state index in [1.54, 1.807) is 72.8 Å². The van der Waals surface area contributed by atoms with Gasteiger partial charge in [-0.25, -0.2) is 0 Å². The Bertz CT molecular complexity index is 1500. The van der Waals surface area contributed by atoms with Crippen LogP contribution >= 0.6 is 23.8 Å². The molecule has 0 aliphatic heterocycles. The van der Waals surface area contributed by atoms with Crippen LogP contribution in [-0.4, -0.2) is 28.0 Å². The smallest absolute Gasteiger partial charge is 0.290 e. The van der Waals surface area contributed by atoms with Gasteiger partial charge < -0.3 is 14.6 Å². The van der Waals surface area contributed by atoms with Gasteiger partial charge in [0.05, 0.1) is 30.8 Å². The summed E-state index contributed by atoms with van der Waals surface area (Å²) >= 11 is 11.7. The van der Waals surface area contributed by atoms with Crippen LogP contribution in [0.4, 0.5) is 11.4 Å². The Balaban J connectivity index is 1.95. The normalized spacial score (nSPS) is 11.1. The number of halogens is 1. The number of aromatic nitrogens is 2. The van der Waals surface area contributed by atoms with E-state index in [2.05, 4.69) is 10.2 Å². The van der Waals surface area contributed by atoms with Crippen molar-refractivity contribution in [3.8, 4) is 28.8 Å². The summed E-state index contributed by atoms with van der Waals surface area (Å²) in [6, 6.07) is 20.4. The lowest BCUT2D eigenvalue weighted by Gasteiger charge is -2.17. The number of ether oxygens (including phenoxy) is 2. The summed E-state index contributed by atoms with van der Waals surface area (Å²) in [5.41, 5.74) is 0.406. The largest absolute Gasteiger partial charge is 0.495 e. The number of hydrogen-bond donors (Lipinski definition) is 1. The second-order valence-electron chi connectivity index (χ2n) is 7.21. The van der Waals surface area contributed by atoms with Gasteiger partial charge in [0.25, 0.3) is 5.56 Å². The number of para-hydroxylation sites is 2. The van der Waals surface area contributed by atoms with Gasteiger partial charge in [0.1, 0.15) is 11.5 Å². The van der Waals surface area contributed by atoms with Crippen molar-refractivity contribution in [2.24, 2.45) is 10.2 Å². The Kier molecular flexibility index (Phi) is 7.28. The molecule has 1 heterocycles. The number of benzene rings is 3. The maximum absolute atomic E-state index is 13.5. The molecule has 0 bridgehead atoms. The van der Waals surface area contributed by atoms with E-state index in [0.717, 1.165) is 0 Å². The first-order chi connectivity index (χ1) is 16.9. The third-order valence-corrected chi connectivity index (χ3v) is 5.65. The SMILES string of the molecule is CCOc1ccc(N=Nc2c(O)n(-c3ccccc3OC)c(=S)n(-c3ccc(Cl)cc3)c2=O)cc1. The van der Waals surface area contributed by atoms with Crippen molar-refractivity contribution in [2.45, 2.75) is 6.92 Å². The van der Waals surface area contributed by atoms with E-state index < -0.39 is 11.4 Å². The van der Waals surface area contributed by atoms with Crippen LogP contribution in [0.5, 0.6) is 17.4 Å². The predicted molar refractivity (Wildman–Crippen MR) is 137 cm³/mol. The lowest BCUT2D eigenvalue weighted by atomic mass is 10.2. The van der Waals surface area contributed by atoms with Crippen LogP contribution in [-0.2, 0) is 0 Å². The minimum absolute atomic E-state index is 0.0133. The third-order valence-electron chi connectivity index (χ3n) is 5.04. The Morgan fingerprint density at radius 2 is 1.66 bits per heavy atom. The molecule has 1 aromatic heterocycles. The minimum Gasteiger partial charge on any atom is -0.495 e. The maximum Gasteiger partial charge on any atom is 0.290 e. The van der Waals surface area contributed by atoms with Gasteiger partial charge in [-0.2, -0.15) is 5.11 Å². The number of hydrogen-bond acceptors (Lipinski definition) is 7. The Morgan fingerprint density at radius 1 is 0.971 bits per heavy atom. The third kappa shape index (κ3) is 4.96. The molecular weight excluding hydrogens is 488 g/mol. The summed E-state index contributed by atoms with van der Waals surface area (Å²) in [6.45, 7) is 2.43. The lowest BCUT2D eigenvalue weighted by Crippen LogP contribution is -2.23. The topological polar surface area (TPSA) is 90.3 Å². The molecule has 0 aliphatic rings. The van der Waals surface area contributed by atoms with Gasteiger partial charge in [0.15, 0.2) is 4.77 Å². The van der Waals surface area contributed by atoms with Crippen LogP contribution in [0.2, 0.25) is 5.02 Å². The van der Waals surface area contributed by atoms with Crippen LogP contribution in [0.1, 0.15) is 6.92 Å². The van der Waals surface area contributed by atoms with Gasteiger partial charge in [-0.05, 0) is 79.8 Å². The molecule has 3 aromatic carbocycles. The van der Waals surface area contributed by atoms with Crippen LogP contribution in [0.15, 0.2) is 87.8 Å². The Hall–Kier alpha value is -3.95. The van der Waals surface area contributed by atoms with Crippen molar-refractivity contribution in [2.75, 3.05) is 13.7 Å². The molecule has 0 saturated heterocycles. The molecule has 0 saturated carbocycles. The van der Waals surface area contributed by atoms with Crippen molar-refractivity contribution in [1.82, 2.24) is 9.13 Å². The van der Waals surface area contributed by atoms with Gasteiger partial charge in [-0.1, -0.05) is 23.7 Å². The number of methoxy groups -OCH3 is 1. The van der Waals surface area contributed by atoms with Crippen LogP contribution in [0.25, 0.3) is 11.4 Å². The summed E-state index contributed by atoms with van der Waals surface area (Å²) in [5, 5.41) is 19.9. The van der Waals surface area contributed by atoms with Crippen LogP contribution in [0, 0.1) is 4.77 Å². The zero-order valence-electron chi connectivity index (χ0n) is 18.9. The first kappa shape index (κ1) is 24.2. The van der Waals surface area contributed by atoms with Crippen molar-refractivity contribution in [3.63, 3.8) is 0 Å². The maximum atomic E-state index is 13.5. The van der Waals surface area contributed by atoms with Gasteiger partial charge >= 0.3 is 0 Å². The number of aromatic hydroxyl groups is 1. The highest BCUT2D eigenvalue weighted by Gasteiger charge is 2.21. The zero-order chi connectivity index (χ0) is 24.9. The summed E-state index contributed by atoms with van der Waals surface area (Å²) in [5.74, 6) is 0.655. The molecule has 0 unspecified atom stereocenters. The van der Waals surface area contributed by atoms with Crippen molar-refractivity contribution in [3.05, 3.63) is 92.9 Å². The molecule has 0 aliphatic carbocycles. The second kappa shape index (κ2) is 10.5. The summed E-state index contributed by atoms with van der Waals surface area (Å²) in [6.07, 6.45) is 0. The summed E-state index contributed by atoms with van der Waals surface area (Å²) < 4.78 is 13.5. The van der Waals surface area contributed by atoms with E-state index in [-0.39, 0.29) is 10.5 Å². The van der Waals surface area contributed by atoms with Crippen molar-refractivity contribution >= 4 is 35.2 Å². The zero-order valence-corrected chi connectivity index (χ0v) is 20.5. The summed E-state index contributed by atoms with van der Waals surface area (Å²) in [4.78, 5) is 13.5. The van der Waals surface area contributed by atoms with E-state index in [9.17, 15) is 9.90 Å². The van der Waals surface area contributed by atoms with Crippen LogP contribution in [0.3, 0.4) is 0 Å². The monoisotopic (exact) mass is 508 g/mol.